The number of likely N-dealkylation sites (tertiary alicyclic amines) is 1. The van der Waals surface area contributed by atoms with E-state index >= 15 is 0 Å². The lowest BCUT2D eigenvalue weighted by Gasteiger charge is -2.16. The van der Waals surface area contributed by atoms with Crippen LogP contribution in [0.2, 0.25) is 0 Å². The van der Waals surface area contributed by atoms with Crippen LogP contribution in [-0.2, 0) is 11.3 Å². The molecule has 2 amide bonds. The molecule has 0 spiro atoms. The van der Waals surface area contributed by atoms with Gasteiger partial charge in [-0.3, -0.25) is 9.59 Å². The van der Waals surface area contributed by atoms with Gasteiger partial charge in [0.15, 0.2) is 0 Å². The molecule has 0 aliphatic carbocycles. The Labute approximate surface area is 119 Å². The summed E-state index contributed by atoms with van der Waals surface area (Å²) in [5, 5.41) is 2.98. The second-order valence-corrected chi connectivity index (χ2v) is 5.05. The number of nitrogens with zero attached hydrogens (tertiary/aromatic N) is 1. The third-order valence-electron chi connectivity index (χ3n) is 3.63. The maximum absolute atomic E-state index is 12.1. The molecule has 1 saturated heterocycles. The Morgan fingerprint density at radius 2 is 2.05 bits per heavy atom. The highest BCUT2D eigenvalue weighted by molar-refractivity contribution is 5.94. The summed E-state index contributed by atoms with van der Waals surface area (Å²) in [6, 6.07) is 7.32. The molecule has 5 nitrogen and oxygen atoms in total. The normalized spacial score (nSPS) is 18.1. The highest BCUT2D eigenvalue weighted by atomic mass is 16.2. The van der Waals surface area contributed by atoms with Gasteiger partial charge in [-0.05, 0) is 24.1 Å². The first kappa shape index (κ1) is 14.5. The summed E-state index contributed by atoms with van der Waals surface area (Å²) in [5.41, 5.74) is 7.16. The van der Waals surface area contributed by atoms with Gasteiger partial charge in [-0.25, -0.2) is 0 Å². The van der Waals surface area contributed by atoms with Crippen molar-refractivity contribution in [2.75, 3.05) is 13.1 Å². The Kier molecular flexibility index (Phi) is 4.74. The number of hydrogen-bond acceptors (Lipinski definition) is 3. The van der Waals surface area contributed by atoms with Crippen molar-refractivity contribution < 1.29 is 9.59 Å². The van der Waals surface area contributed by atoms with Crippen molar-refractivity contribution in [3.8, 4) is 0 Å². The lowest BCUT2D eigenvalue weighted by molar-refractivity contribution is -0.129. The Hall–Kier alpha value is -1.88. The van der Waals surface area contributed by atoms with Crippen LogP contribution in [0.15, 0.2) is 24.3 Å². The Morgan fingerprint density at radius 3 is 2.65 bits per heavy atom. The number of amides is 2. The van der Waals surface area contributed by atoms with Gasteiger partial charge in [-0.1, -0.05) is 19.1 Å². The van der Waals surface area contributed by atoms with Crippen LogP contribution < -0.4 is 11.1 Å². The Balaban J connectivity index is 1.90. The zero-order chi connectivity index (χ0) is 14.5. The van der Waals surface area contributed by atoms with E-state index in [1.165, 1.54) is 0 Å². The van der Waals surface area contributed by atoms with Crippen LogP contribution in [0.5, 0.6) is 0 Å². The molecule has 0 aromatic heterocycles. The van der Waals surface area contributed by atoms with E-state index in [2.05, 4.69) is 5.32 Å². The number of hydrogen-bond donors (Lipinski definition) is 2. The van der Waals surface area contributed by atoms with E-state index in [1.807, 2.05) is 24.0 Å². The van der Waals surface area contributed by atoms with Gasteiger partial charge in [0.25, 0.3) is 5.91 Å². The van der Waals surface area contributed by atoms with Crippen molar-refractivity contribution in [2.24, 2.45) is 5.73 Å². The van der Waals surface area contributed by atoms with Crippen molar-refractivity contribution in [3.05, 3.63) is 35.4 Å². The first-order valence-electron chi connectivity index (χ1n) is 7.01. The summed E-state index contributed by atoms with van der Waals surface area (Å²) in [6.45, 7) is 3.66. The van der Waals surface area contributed by atoms with Gasteiger partial charge < -0.3 is 16.0 Å². The molecule has 1 fully saturated rings. The first-order chi connectivity index (χ1) is 9.63. The van der Waals surface area contributed by atoms with Gasteiger partial charge >= 0.3 is 0 Å². The van der Waals surface area contributed by atoms with E-state index in [9.17, 15) is 9.59 Å². The van der Waals surface area contributed by atoms with Crippen LogP contribution in [0.25, 0.3) is 0 Å². The number of benzene rings is 1. The lowest BCUT2D eigenvalue weighted by Crippen LogP contribution is -2.38. The minimum Gasteiger partial charge on any atom is -0.347 e. The molecular formula is C15H21N3O2. The van der Waals surface area contributed by atoms with Gasteiger partial charge in [0.1, 0.15) is 0 Å². The molecule has 20 heavy (non-hydrogen) atoms. The fourth-order valence-electron chi connectivity index (χ4n) is 2.39. The van der Waals surface area contributed by atoms with Crippen LogP contribution in [0.4, 0.5) is 0 Å². The van der Waals surface area contributed by atoms with Gasteiger partial charge in [0.05, 0.1) is 0 Å². The van der Waals surface area contributed by atoms with E-state index in [0.29, 0.717) is 25.1 Å². The zero-order valence-electron chi connectivity index (χ0n) is 11.8. The maximum atomic E-state index is 12.1. The molecule has 1 aliphatic rings. The molecule has 1 aliphatic heterocycles. The molecule has 108 valence electrons. The topological polar surface area (TPSA) is 75.4 Å². The van der Waals surface area contributed by atoms with Gasteiger partial charge in [0, 0.05) is 37.7 Å². The fourth-order valence-corrected chi connectivity index (χ4v) is 2.39. The molecule has 3 N–H and O–H groups in total. The molecule has 0 radical (unpaired) electrons. The fraction of sp³-hybridized carbons (Fsp3) is 0.467. The third-order valence-corrected chi connectivity index (χ3v) is 3.63. The predicted molar refractivity (Wildman–Crippen MR) is 77.1 cm³/mol. The summed E-state index contributed by atoms with van der Waals surface area (Å²) >= 11 is 0. The van der Waals surface area contributed by atoms with E-state index < -0.39 is 0 Å². The SMILES string of the molecule is CCC(=O)N1CCC(NC(=O)c2ccc(CN)cc2)C1. The molecule has 1 unspecified atom stereocenters. The second kappa shape index (κ2) is 6.52. The quantitative estimate of drug-likeness (QED) is 0.856. The van der Waals surface area contributed by atoms with Crippen LogP contribution in [0.3, 0.4) is 0 Å². The summed E-state index contributed by atoms with van der Waals surface area (Å²) in [6.07, 6.45) is 1.33. The van der Waals surface area contributed by atoms with Gasteiger partial charge in [-0.15, -0.1) is 0 Å². The van der Waals surface area contributed by atoms with Crippen molar-refractivity contribution >= 4 is 11.8 Å². The Morgan fingerprint density at radius 1 is 1.35 bits per heavy atom. The molecule has 5 heteroatoms. The number of nitrogens with two attached hydrogens (primary N) is 1. The minimum absolute atomic E-state index is 0.0483. The average Bonchev–Trinajstić information content (AvgIpc) is 2.95. The largest absolute Gasteiger partial charge is 0.347 e. The third kappa shape index (κ3) is 3.36. The molecule has 1 atom stereocenters. The smallest absolute Gasteiger partial charge is 0.251 e. The molecule has 1 aromatic carbocycles. The number of carbonyl (C=O) groups is 2. The van der Waals surface area contributed by atoms with Crippen molar-refractivity contribution in [3.63, 3.8) is 0 Å². The number of nitrogens with one attached hydrogen (secondary N) is 1. The highest BCUT2D eigenvalue weighted by Gasteiger charge is 2.26. The summed E-state index contributed by atoms with van der Waals surface area (Å²) in [4.78, 5) is 25.5. The Bertz CT molecular complexity index is 484. The first-order valence-corrected chi connectivity index (χ1v) is 7.01. The van der Waals surface area contributed by atoms with E-state index in [4.69, 9.17) is 5.73 Å². The maximum Gasteiger partial charge on any atom is 0.251 e. The summed E-state index contributed by atoms with van der Waals surface area (Å²) in [5.74, 6) is 0.0541. The molecule has 0 saturated carbocycles. The monoisotopic (exact) mass is 275 g/mol. The zero-order valence-corrected chi connectivity index (χ0v) is 11.8. The summed E-state index contributed by atoms with van der Waals surface area (Å²) < 4.78 is 0. The van der Waals surface area contributed by atoms with Crippen LogP contribution >= 0.6 is 0 Å². The molecule has 1 aromatic rings. The van der Waals surface area contributed by atoms with E-state index in [-0.39, 0.29) is 17.9 Å². The highest BCUT2D eigenvalue weighted by Crippen LogP contribution is 2.12. The van der Waals surface area contributed by atoms with Crippen LogP contribution in [-0.4, -0.2) is 35.8 Å². The summed E-state index contributed by atoms with van der Waals surface area (Å²) in [7, 11) is 0. The molecule has 0 bridgehead atoms. The van der Waals surface area contributed by atoms with Crippen molar-refractivity contribution in [1.82, 2.24) is 10.2 Å². The van der Waals surface area contributed by atoms with E-state index in [0.717, 1.165) is 18.5 Å². The number of carbonyl (C=O) groups excluding carboxylic acids is 2. The van der Waals surface area contributed by atoms with Gasteiger partial charge in [0.2, 0.25) is 5.91 Å². The molecular weight excluding hydrogens is 254 g/mol. The standard InChI is InChI=1S/C15H21N3O2/c1-2-14(19)18-8-7-13(10-18)17-15(20)12-5-3-11(9-16)4-6-12/h3-6,13H,2,7-10,16H2,1H3,(H,17,20). The predicted octanol–water partition coefficient (Wildman–Crippen LogP) is 0.886. The van der Waals surface area contributed by atoms with Crippen molar-refractivity contribution in [2.45, 2.75) is 32.4 Å². The van der Waals surface area contributed by atoms with Gasteiger partial charge in [-0.2, -0.15) is 0 Å². The molecule has 1 heterocycles. The van der Waals surface area contributed by atoms with Crippen molar-refractivity contribution in [1.29, 1.82) is 0 Å². The second-order valence-electron chi connectivity index (χ2n) is 5.05. The van der Waals surface area contributed by atoms with Crippen LogP contribution in [0, 0.1) is 0 Å². The minimum atomic E-state index is -0.0932. The average molecular weight is 275 g/mol. The molecule has 2 rings (SSSR count). The lowest BCUT2D eigenvalue weighted by atomic mass is 10.1. The van der Waals surface area contributed by atoms with Crippen LogP contribution in [0.1, 0.15) is 35.7 Å². The van der Waals surface area contributed by atoms with E-state index in [1.54, 1.807) is 12.1 Å². The number of rotatable bonds is 4.